The molecule has 0 spiro atoms. The first-order chi connectivity index (χ1) is 8.60. The second-order valence-electron chi connectivity index (χ2n) is 3.80. The van der Waals surface area contributed by atoms with E-state index in [1.54, 1.807) is 12.1 Å². The van der Waals surface area contributed by atoms with Crippen molar-refractivity contribution in [3.8, 4) is 0 Å². The Morgan fingerprint density at radius 2 is 2.28 bits per heavy atom. The van der Waals surface area contributed by atoms with Crippen molar-refractivity contribution in [2.45, 2.75) is 12.5 Å². The van der Waals surface area contributed by atoms with E-state index < -0.39 is 17.0 Å². The van der Waals surface area contributed by atoms with Gasteiger partial charge in [0.1, 0.15) is 11.9 Å². The van der Waals surface area contributed by atoms with E-state index in [2.05, 4.69) is 0 Å². The first-order valence-corrected chi connectivity index (χ1v) is 5.29. The Morgan fingerprint density at radius 1 is 1.50 bits per heavy atom. The van der Waals surface area contributed by atoms with Gasteiger partial charge < -0.3 is 9.47 Å². The number of non-ortho nitro benzene ring substituents is 1. The molecule has 1 atom stereocenters. The molecule has 0 aliphatic carbocycles. The van der Waals surface area contributed by atoms with E-state index in [1.807, 2.05) is 0 Å². The minimum absolute atomic E-state index is 0.0305. The number of rotatable bonds is 3. The van der Waals surface area contributed by atoms with Gasteiger partial charge in [0.2, 0.25) is 0 Å². The number of nitrogens with zero attached hydrogens (tertiary/aromatic N) is 1. The van der Waals surface area contributed by atoms with Gasteiger partial charge in [0.05, 0.1) is 18.1 Å². The monoisotopic (exact) mass is 249 g/mol. The average molecular weight is 249 g/mol. The van der Waals surface area contributed by atoms with Crippen LogP contribution in [0.1, 0.15) is 18.1 Å². The largest absolute Gasteiger partial charge is 0.501 e. The summed E-state index contributed by atoms with van der Waals surface area (Å²) in [6.07, 6.45) is 1.11. The molecular weight excluding hydrogens is 238 g/mol. The molecule has 0 amide bonds. The van der Waals surface area contributed by atoms with Gasteiger partial charge in [0.15, 0.2) is 0 Å². The van der Waals surface area contributed by atoms with Gasteiger partial charge >= 0.3 is 5.97 Å². The molecule has 0 saturated carbocycles. The summed E-state index contributed by atoms with van der Waals surface area (Å²) in [6, 6.07) is 6.04. The minimum Gasteiger partial charge on any atom is -0.501 e. The molecule has 6 heteroatoms. The highest BCUT2D eigenvalue weighted by atomic mass is 16.6. The lowest BCUT2D eigenvalue weighted by Gasteiger charge is -2.22. The molecule has 0 radical (unpaired) electrons. The van der Waals surface area contributed by atoms with Crippen LogP contribution < -0.4 is 0 Å². The van der Waals surface area contributed by atoms with Crippen LogP contribution >= 0.6 is 0 Å². The molecule has 1 aliphatic heterocycles. The van der Waals surface area contributed by atoms with Crippen LogP contribution in [0.2, 0.25) is 0 Å². The Bertz CT molecular complexity index is 523. The van der Waals surface area contributed by atoms with E-state index in [0.29, 0.717) is 17.7 Å². The smallest absolute Gasteiger partial charge is 0.334 e. The zero-order chi connectivity index (χ0) is 13.1. The normalized spacial score (nSPS) is 18.8. The van der Waals surface area contributed by atoms with Crippen LogP contribution in [0.5, 0.6) is 0 Å². The number of carbonyl (C=O) groups is 1. The molecule has 6 nitrogen and oxygen atoms in total. The molecule has 18 heavy (non-hydrogen) atoms. The van der Waals surface area contributed by atoms with Crippen LogP contribution in [0.4, 0.5) is 5.69 Å². The van der Waals surface area contributed by atoms with Crippen molar-refractivity contribution in [3.63, 3.8) is 0 Å². The summed E-state index contributed by atoms with van der Waals surface area (Å²) in [4.78, 5) is 21.5. The molecule has 1 aromatic carbocycles. The highest BCUT2D eigenvalue weighted by Crippen LogP contribution is 2.30. The van der Waals surface area contributed by atoms with Crippen molar-refractivity contribution < 1.29 is 19.2 Å². The minimum atomic E-state index is -0.544. The zero-order valence-corrected chi connectivity index (χ0v) is 9.66. The van der Waals surface area contributed by atoms with Crippen molar-refractivity contribution in [3.05, 3.63) is 51.8 Å². The molecule has 1 unspecified atom stereocenters. The fourth-order valence-corrected chi connectivity index (χ4v) is 1.76. The molecule has 0 bridgehead atoms. The first kappa shape index (κ1) is 12.1. The van der Waals surface area contributed by atoms with Crippen LogP contribution in [-0.4, -0.2) is 18.0 Å². The van der Waals surface area contributed by atoms with Gasteiger partial charge in [-0.3, -0.25) is 10.1 Å². The molecule has 2 rings (SSSR count). The Morgan fingerprint density at radius 3 is 2.94 bits per heavy atom. The van der Waals surface area contributed by atoms with Crippen molar-refractivity contribution >= 4 is 11.7 Å². The number of hydrogen-bond donors (Lipinski definition) is 0. The number of nitro groups is 1. The summed E-state index contributed by atoms with van der Waals surface area (Å²) in [6.45, 7) is 0. The summed E-state index contributed by atoms with van der Waals surface area (Å²) in [5.41, 5.74) is 0.553. The Balaban J connectivity index is 2.27. The van der Waals surface area contributed by atoms with Crippen molar-refractivity contribution in [2.75, 3.05) is 7.11 Å². The second-order valence-corrected chi connectivity index (χ2v) is 3.80. The van der Waals surface area contributed by atoms with E-state index >= 15 is 0 Å². The van der Waals surface area contributed by atoms with Gasteiger partial charge in [-0.1, -0.05) is 12.1 Å². The third-order valence-corrected chi connectivity index (χ3v) is 2.64. The third-order valence-electron chi connectivity index (χ3n) is 2.64. The third kappa shape index (κ3) is 2.48. The van der Waals surface area contributed by atoms with E-state index in [0.717, 1.165) is 0 Å². The molecule has 1 heterocycles. The molecule has 0 N–H and O–H groups in total. The lowest BCUT2D eigenvalue weighted by molar-refractivity contribution is -0.385. The zero-order valence-electron chi connectivity index (χ0n) is 9.66. The van der Waals surface area contributed by atoms with Crippen molar-refractivity contribution in [1.82, 2.24) is 0 Å². The van der Waals surface area contributed by atoms with Gasteiger partial charge in [-0.15, -0.1) is 0 Å². The highest BCUT2D eigenvalue weighted by Gasteiger charge is 2.25. The molecular formula is C12H11NO5. The predicted octanol–water partition coefficient (Wildman–Crippen LogP) is 2.11. The fourth-order valence-electron chi connectivity index (χ4n) is 1.76. The maximum Gasteiger partial charge on any atom is 0.334 e. The SMILES string of the molecule is COC1=CC(=O)OC(c2cccc([N+](=O)[O-])c2)C1. The van der Waals surface area contributed by atoms with Crippen LogP contribution in [0.15, 0.2) is 36.1 Å². The van der Waals surface area contributed by atoms with Gasteiger partial charge in [-0.25, -0.2) is 4.79 Å². The summed E-state index contributed by atoms with van der Waals surface area (Å²) in [7, 11) is 1.47. The second kappa shape index (κ2) is 4.87. The number of methoxy groups -OCH3 is 1. The van der Waals surface area contributed by atoms with Crippen LogP contribution in [-0.2, 0) is 14.3 Å². The van der Waals surface area contributed by atoms with Gasteiger partial charge in [-0.2, -0.15) is 0 Å². The number of nitro benzene ring substituents is 1. The molecule has 1 aromatic rings. The van der Waals surface area contributed by atoms with E-state index in [9.17, 15) is 14.9 Å². The number of ether oxygens (including phenoxy) is 2. The quantitative estimate of drug-likeness (QED) is 0.465. The van der Waals surface area contributed by atoms with E-state index in [4.69, 9.17) is 9.47 Å². The summed E-state index contributed by atoms with van der Waals surface area (Å²) < 4.78 is 10.1. The van der Waals surface area contributed by atoms with E-state index in [-0.39, 0.29) is 5.69 Å². The lowest BCUT2D eigenvalue weighted by Crippen LogP contribution is -2.16. The van der Waals surface area contributed by atoms with Crippen LogP contribution in [0.3, 0.4) is 0 Å². The molecule has 1 aliphatic rings. The Kier molecular flexibility index (Phi) is 3.27. The first-order valence-electron chi connectivity index (χ1n) is 5.29. The Labute approximate surface area is 103 Å². The average Bonchev–Trinajstić information content (AvgIpc) is 2.38. The highest BCUT2D eigenvalue weighted by molar-refractivity contribution is 5.83. The fraction of sp³-hybridized carbons (Fsp3) is 0.250. The summed E-state index contributed by atoms with van der Waals surface area (Å²) in [5.74, 6) is -0.00244. The summed E-state index contributed by atoms with van der Waals surface area (Å²) in [5, 5.41) is 10.7. The Hall–Kier alpha value is -2.37. The number of esters is 1. The number of cyclic esters (lactones) is 1. The molecule has 0 fully saturated rings. The standard InChI is InChI=1S/C12H11NO5/c1-17-10-6-11(18-12(14)7-10)8-3-2-4-9(5-8)13(15)16/h2-5,7,11H,6H2,1H3. The van der Waals surface area contributed by atoms with Crippen molar-refractivity contribution in [1.29, 1.82) is 0 Å². The van der Waals surface area contributed by atoms with Crippen LogP contribution in [0.25, 0.3) is 0 Å². The predicted molar refractivity (Wildman–Crippen MR) is 61.6 cm³/mol. The number of hydrogen-bond acceptors (Lipinski definition) is 5. The van der Waals surface area contributed by atoms with Gasteiger partial charge in [-0.05, 0) is 5.56 Å². The maximum absolute atomic E-state index is 11.3. The molecule has 0 aromatic heterocycles. The number of benzene rings is 1. The number of carbonyl (C=O) groups excluding carboxylic acids is 1. The summed E-state index contributed by atoms with van der Waals surface area (Å²) >= 11 is 0. The van der Waals surface area contributed by atoms with Gasteiger partial charge in [0, 0.05) is 18.6 Å². The lowest BCUT2D eigenvalue weighted by atomic mass is 10.0. The van der Waals surface area contributed by atoms with Gasteiger partial charge in [0.25, 0.3) is 5.69 Å². The maximum atomic E-state index is 11.3. The molecule has 0 saturated heterocycles. The van der Waals surface area contributed by atoms with Crippen LogP contribution in [0, 0.1) is 10.1 Å². The topological polar surface area (TPSA) is 78.7 Å². The molecule has 94 valence electrons. The van der Waals surface area contributed by atoms with E-state index in [1.165, 1.54) is 25.3 Å². The van der Waals surface area contributed by atoms with Crippen molar-refractivity contribution in [2.24, 2.45) is 0 Å².